The minimum atomic E-state index is -0.320. The quantitative estimate of drug-likeness (QED) is 0.399. The first-order chi connectivity index (χ1) is 15.9. The Labute approximate surface area is 192 Å². The first-order valence-corrected chi connectivity index (χ1v) is 11.0. The molecule has 3 aromatic rings. The number of hydrogen-bond donors (Lipinski definition) is 4. The molecule has 10 heteroatoms. The minimum Gasteiger partial charge on any atom is -0.479 e. The number of benzene rings is 1. The average molecular weight is 451 g/mol. The van der Waals surface area contributed by atoms with Gasteiger partial charge in [-0.2, -0.15) is 10.1 Å². The van der Waals surface area contributed by atoms with Crippen LogP contribution in [0.3, 0.4) is 0 Å². The lowest BCUT2D eigenvalue weighted by molar-refractivity contribution is -0.131. The number of methoxy groups -OCH3 is 1. The number of rotatable bonds is 7. The van der Waals surface area contributed by atoms with Crippen molar-refractivity contribution >= 4 is 28.7 Å². The summed E-state index contributed by atoms with van der Waals surface area (Å²) in [5.41, 5.74) is 11.0. The van der Waals surface area contributed by atoms with Gasteiger partial charge in [0.05, 0.1) is 12.8 Å². The summed E-state index contributed by atoms with van der Waals surface area (Å²) in [6, 6.07) is 7.83. The van der Waals surface area contributed by atoms with Crippen LogP contribution in [-0.2, 0) is 4.79 Å². The van der Waals surface area contributed by atoms with Crippen LogP contribution in [0.1, 0.15) is 32.6 Å². The van der Waals surface area contributed by atoms with Crippen LogP contribution >= 0.6 is 0 Å². The summed E-state index contributed by atoms with van der Waals surface area (Å²) in [6.45, 7) is 2.03. The number of anilines is 2. The standard InChI is InChI=1S/C23H30N8O2/c1-23(21(32)26-3)10-7-15(8-11-23)27-22-28-20(33-4)19-16(9-12-31(19)30-22)14-5-6-17(29-24)18(13-14)25-2/h5-6,9,12-13,15,24-25H,7-8,10-11H2,1-4H3,(H,26,32)(H,27,30). The van der Waals surface area contributed by atoms with Crippen molar-refractivity contribution in [3.8, 4) is 17.0 Å². The molecule has 174 valence electrons. The summed E-state index contributed by atoms with van der Waals surface area (Å²) in [6.07, 6.45) is 5.23. The predicted octanol–water partition coefficient (Wildman–Crippen LogP) is 4.22. The monoisotopic (exact) mass is 450 g/mol. The summed E-state index contributed by atoms with van der Waals surface area (Å²) >= 11 is 0. The Bertz CT molecular complexity index is 1180. The van der Waals surface area contributed by atoms with Crippen molar-refractivity contribution in [2.24, 2.45) is 10.5 Å². The zero-order chi connectivity index (χ0) is 23.6. The van der Waals surface area contributed by atoms with Gasteiger partial charge in [-0.1, -0.05) is 13.0 Å². The van der Waals surface area contributed by atoms with Crippen molar-refractivity contribution in [2.75, 3.05) is 31.8 Å². The highest BCUT2D eigenvalue weighted by molar-refractivity contribution is 5.87. The van der Waals surface area contributed by atoms with Crippen molar-refractivity contribution < 1.29 is 9.53 Å². The Balaban J connectivity index is 1.60. The van der Waals surface area contributed by atoms with Gasteiger partial charge in [0.2, 0.25) is 17.7 Å². The summed E-state index contributed by atoms with van der Waals surface area (Å²) in [5.74, 6) is 1.07. The molecule has 4 rings (SSSR count). The lowest BCUT2D eigenvalue weighted by Crippen LogP contribution is -2.42. The molecular formula is C23H30N8O2. The van der Waals surface area contributed by atoms with Gasteiger partial charge < -0.3 is 20.7 Å². The van der Waals surface area contributed by atoms with Crippen LogP contribution in [0.5, 0.6) is 5.88 Å². The van der Waals surface area contributed by atoms with Crippen LogP contribution in [0.2, 0.25) is 0 Å². The third-order valence-electron chi connectivity index (χ3n) is 6.57. The fourth-order valence-electron chi connectivity index (χ4n) is 4.54. The summed E-state index contributed by atoms with van der Waals surface area (Å²) in [7, 11) is 5.09. The first kappa shape index (κ1) is 22.5. The van der Waals surface area contributed by atoms with E-state index in [9.17, 15) is 4.79 Å². The zero-order valence-electron chi connectivity index (χ0n) is 19.4. The maximum atomic E-state index is 12.2. The highest BCUT2D eigenvalue weighted by Gasteiger charge is 2.37. The molecule has 1 aromatic carbocycles. The van der Waals surface area contributed by atoms with E-state index in [0.29, 0.717) is 17.5 Å². The molecule has 1 amide bonds. The highest BCUT2D eigenvalue weighted by atomic mass is 16.5. The molecule has 0 aliphatic heterocycles. The molecule has 1 fully saturated rings. The van der Waals surface area contributed by atoms with E-state index < -0.39 is 0 Å². The third-order valence-corrected chi connectivity index (χ3v) is 6.57. The van der Waals surface area contributed by atoms with E-state index in [4.69, 9.17) is 10.3 Å². The van der Waals surface area contributed by atoms with Crippen molar-refractivity contribution in [3.05, 3.63) is 30.5 Å². The van der Waals surface area contributed by atoms with Gasteiger partial charge in [-0.3, -0.25) is 4.79 Å². The van der Waals surface area contributed by atoms with Gasteiger partial charge in [-0.15, -0.1) is 5.10 Å². The van der Waals surface area contributed by atoms with Crippen molar-refractivity contribution in [3.63, 3.8) is 0 Å². The predicted molar refractivity (Wildman–Crippen MR) is 127 cm³/mol. The third kappa shape index (κ3) is 4.20. The fourth-order valence-corrected chi connectivity index (χ4v) is 4.54. The molecule has 1 aliphatic carbocycles. The van der Waals surface area contributed by atoms with Crippen LogP contribution in [0, 0.1) is 10.9 Å². The van der Waals surface area contributed by atoms with Crippen molar-refractivity contribution in [1.29, 1.82) is 5.53 Å². The average Bonchev–Trinajstić information content (AvgIpc) is 3.28. The smallest absolute Gasteiger partial charge is 0.244 e. The maximum Gasteiger partial charge on any atom is 0.244 e. The number of nitrogens with zero attached hydrogens (tertiary/aromatic N) is 4. The van der Waals surface area contributed by atoms with Gasteiger partial charge in [-0.25, -0.2) is 10.0 Å². The molecule has 33 heavy (non-hydrogen) atoms. The molecule has 10 nitrogen and oxygen atoms in total. The van der Waals surface area contributed by atoms with Gasteiger partial charge >= 0.3 is 0 Å². The van der Waals surface area contributed by atoms with Gasteiger partial charge in [-0.05, 0) is 49.4 Å². The zero-order valence-corrected chi connectivity index (χ0v) is 19.4. The lowest BCUT2D eigenvalue weighted by atomic mass is 9.73. The van der Waals surface area contributed by atoms with E-state index in [0.717, 1.165) is 48.0 Å². The summed E-state index contributed by atoms with van der Waals surface area (Å²) in [5, 5.41) is 17.5. The number of amides is 1. The second-order valence-corrected chi connectivity index (χ2v) is 8.62. The number of carbonyl (C=O) groups is 1. The van der Waals surface area contributed by atoms with Crippen LogP contribution in [0.15, 0.2) is 35.6 Å². The normalized spacial score (nSPS) is 20.3. The second-order valence-electron chi connectivity index (χ2n) is 8.62. The molecule has 4 N–H and O–H groups in total. The fraction of sp³-hybridized carbons (Fsp3) is 0.435. The lowest BCUT2D eigenvalue weighted by Gasteiger charge is -2.35. The van der Waals surface area contributed by atoms with E-state index in [2.05, 4.69) is 31.1 Å². The summed E-state index contributed by atoms with van der Waals surface area (Å²) < 4.78 is 7.40. The van der Waals surface area contributed by atoms with Gasteiger partial charge in [0, 0.05) is 37.3 Å². The number of fused-ring (bicyclic) bond motifs is 1. The van der Waals surface area contributed by atoms with E-state index in [1.54, 1.807) is 31.8 Å². The minimum absolute atomic E-state index is 0.103. The Hall–Kier alpha value is -3.69. The Morgan fingerprint density at radius 1 is 1.27 bits per heavy atom. The van der Waals surface area contributed by atoms with Crippen LogP contribution in [0.4, 0.5) is 17.3 Å². The Morgan fingerprint density at radius 3 is 2.67 bits per heavy atom. The molecule has 0 unspecified atom stereocenters. The second kappa shape index (κ2) is 9.05. The molecule has 1 aliphatic rings. The van der Waals surface area contributed by atoms with Crippen LogP contribution in [0.25, 0.3) is 16.6 Å². The Kier molecular flexibility index (Phi) is 6.17. The molecular weight excluding hydrogens is 420 g/mol. The number of nitrogens with one attached hydrogen (secondary N) is 4. The molecule has 2 aromatic heterocycles. The highest BCUT2D eigenvalue weighted by Crippen LogP contribution is 2.38. The molecule has 0 saturated heterocycles. The van der Waals surface area contributed by atoms with E-state index >= 15 is 0 Å². The van der Waals surface area contributed by atoms with Crippen LogP contribution < -0.4 is 20.7 Å². The van der Waals surface area contributed by atoms with Gasteiger partial charge in [0.15, 0.2) is 0 Å². The van der Waals surface area contributed by atoms with E-state index in [1.807, 2.05) is 31.3 Å². The maximum absolute atomic E-state index is 12.2. The molecule has 0 atom stereocenters. The van der Waals surface area contributed by atoms with Gasteiger partial charge in [0.25, 0.3) is 0 Å². The topological polar surface area (TPSA) is 129 Å². The van der Waals surface area contributed by atoms with Crippen molar-refractivity contribution in [2.45, 2.75) is 38.6 Å². The number of ether oxygens (including phenoxy) is 1. The molecule has 0 spiro atoms. The van der Waals surface area contributed by atoms with E-state index in [-0.39, 0.29) is 17.4 Å². The molecule has 2 heterocycles. The molecule has 1 saturated carbocycles. The first-order valence-electron chi connectivity index (χ1n) is 11.0. The molecule has 0 radical (unpaired) electrons. The Morgan fingerprint density at radius 2 is 2.03 bits per heavy atom. The van der Waals surface area contributed by atoms with Crippen LogP contribution in [-0.4, -0.2) is 47.8 Å². The van der Waals surface area contributed by atoms with Gasteiger partial charge in [0.1, 0.15) is 11.2 Å². The number of carbonyl (C=O) groups excluding carboxylic acids is 1. The SMILES string of the molecule is CNC(=O)C1(C)CCC(Nc2nc(OC)c3c(-c4ccc(N=N)c(NC)c4)ccn3n2)CC1. The van der Waals surface area contributed by atoms with Crippen molar-refractivity contribution in [1.82, 2.24) is 19.9 Å². The number of aromatic nitrogens is 3. The van der Waals surface area contributed by atoms with E-state index in [1.165, 1.54) is 0 Å². The largest absolute Gasteiger partial charge is 0.479 e. The summed E-state index contributed by atoms with van der Waals surface area (Å²) in [4.78, 5) is 16.8. The number of hydrogen-bond acceptors (Lipinski definition) is 8. The molecule has 0 bridgehead atoms.